The van der Waals surface area contributed by atoms with Crippen molar-refractivity contribution >= 4 is 46.2 Å². The van der Waals surface area contributed by atoms with Crippen LogP contribution in [0, 0.1) is 0 Å². The SMILES string of the molecule is c1ccc2c(c1)Oc1cc3c(c4c1B2c1ccccc1O4)B1c2ccccc2-c2ccccc2-c2cccc(c21)O3. The molecule has 6 aromatic carbocycles. The Kier molecular flexibility index (Phi) is 4.08. The first-order valence-electron chi connectivity index (χ1n) is 14.1. The van der Waals surface area contributed by atoms with Crippen LogP contribution in [-0.2, 0) is 0 Å². The van der Waals surface area contributed by atoms with E-state index >= 15 is 0 Å². The summed E-state index contributed by atoms with van der Waals surface area (Å²) in [5.74, 6) is 5.06. The highest BCUT2D eigenvalue weighted by molar-refractivity contribution is 7.02. The lowest BCUT2D eigenvalue weighted by Gasteiger charge is -2.37. The van der Waals surface area contributed by atoms with E-state index in [2.05, 4.69) is 109 Å². The van der Waals surface area contributed by atoms with Gasteiger partial charge in [-0.15, -0.1) is 0 Å². The topological polar surface area (TPSA) is 27.7 Å². The van der Waals surface area contributed by atoms with Gasteiger partial charge >= 0.3 is 0 Å². The van der Waals surface area contributed by atoms with Crippen LogP contribution in [0.5, 0.6) is 34.5 Å². The van der Waals surface area contributed by atoms with Crippen LogP contribution in [0.1, 0.15) is 0 Å². The van der Waals surface area contributed by atoms with E-state index in [9.17, 15) is 0 Å². The van der Waals surface area contributed by atoms with Crippen molar-refractivity contribution in [2.24, 2.45) is 0 Å². The van der Waals surface area contributed by atoms with Crippen molar-refractivity contribution in [2.45, 2.75) is 0 Å². The molecule has 188 valence electrons. The molecule has 0 aromatic heterocycles. The molecule has 4 aliphatic heterocycles. The van der Waals surface area contributed by atoms with E-state index in [0.717, 1.165) is 56.3 Å². The average molecular weight is 522 g/mol. The van der Waals surface area contributed by atoms with Crippen molar-refractivity contribution in [3.8, 4) is 56.8 Å². The second kappa shape index (κ2) is 7.74. The van der Waals surface area contributed by atoms with E-state index in [0.29, 0.717) is 0 Å². The third kappa shape index (κ3) is 2.75. The number of hydrogen-bond acceptors (Lipinski definition) is 3. The molecular formula is C36H20B2O3. The summed E-state index contributed by atoms with van der Waals surface area (Å²) in [5, 5.41) is 0. The lowest BCUT2D eigenvalue weighted by molar-refractivity contribution is 0.447. The summed E-state index contributed by atoms with van der Waals surface area (Å²) in [5.41, 5.74) is 11.8. The molecule has 5 heteroatoms. The van der Waals surface area contributed by atoms with E-state index in [1.807, 2.05) is 12.1 Å². The first-order valence-corrected chi connectivity index (χ1v) is 14.1. The minimum Gasteiger partial charge on any atom is -0.459 e. The molecule has 0 spiro atoms. The lowest BCUT2D eigenvalue weighted by Crippen LogP contribution is -2.62. The van der Waals surface area contributed by atoms with E-state index in [1.165, 1.54) is 33.2 Å². The molecule has 4 heterocycles. The summed E-state index contributed by atoms with van der Waals surface area (Å²) in [6.45, 7) is -0.0630. The molecule has 0 aliphatic carbocycles. The minimum atomic E-state index is -0.0723. The Bertz CT molecular complexity index is 2110. The summed E-state index contributed by atoms with van der Waals surface area (Å²) in [6, 6.07) is 42.8. The fourth-order valence-electron chi connectivity index (χ4n) is 7.49. The van der Waals surface area contributed by atoms with Gasteiger partial charge in [-0.3, -0.25) is 0 Å². The lowest BCUT2D eigenvalue weighted by atomic mass is 9.31. The number of fused-ring (bicyclic) bond motifs is 12. The number of hydrogen-bond donors (Lipinski definition) is 0. The molecule has 41 heavy (non-hydrogen) atoms. The van der Waals surface area contributed by atoms with Gasteiger partial charge in [-0.25, -0.2) is 0 Å². The van der Waals surface area contributed by atoms with E-state index in [4.69, 9.17) is 14.2 Å². The molecule has 0 radical (unpaired) electrons. The Balaban J connectivity index is 1.34. The Morgan fingerprint density at radius 3 is 1.61 bits per heavy atom. The monoisotopic (exact) mass is 522 g/mol. The van der Waals surface area contributed by atoms with Crippen LogP contribution in [0.2, 0.25) is 0 Å². The average Bonchev–Trinajstić information content (AvgIpc) is 3.15. The summed E-state index contributed by atoms with van der Waals surface area (Å²) >= 11 is 0. The minimum absolute atomic E-state index is 0.00931. The van der Waals surface area contributed by atoms with E-state index in [-0.39, 0.29) is 13.4 Å². The van der Waals surface area contributed by atoms with Gasteiger partial charge in [0.1, 0.15) is 34.5 Å². The highest BCUT2D eigenvalue weighted by atomic mass is 16.5. The van der Waals surface area contributed by atoms with Crippen LogP contribution in [0.15, 0.2) is 121 Å². The molecule has 0 bridgehead atoms. The summed E-state index contributed by atoms with van der Waals surface area (Å²) in [4.78, 5) is 0. The van der Waals surface area contributed by atoms with Gasteiger partial charge in [0.25, 0.3) is 13.4 Å². The second-order valence-corrected chi connectivity index (χ2v) is 11.1. The Morgan fingerprint density at radius 2 is 0.854 bits per heavy atom. The fraction of sp³-hybridized carbons (Fsp3) is 0. The van der Waals surface area contributed by atoms with E-state index in [1.54, 1.807) is 0 Å². The Morgan fingerprint density at radius 1 is 0.341 bits per heavy atom. The van der Waals surface area contributed by atoms with Crippen LogP contribution in [-0.4, -0.2) is 13.4 Å². The first-order chi connectivity index (χ1) is 20.3. The predicted molar refractivity (Wildman–Crippen MR) is 166 cm³/mol. The molecule has 10 rings (SSSR count). The molecule has 0 fully saturated rings. The number of rotatable bonds is 0. The highest BCUT2D eigenvalue weighted by Crippen LogP contribution is 2.42. The third-order valence-corrected chi connectivity index (χ3v) is 9.11. The molecule has 0 N–H and O–H groups in total. The number of para-hydroxylation sites is 2. The molecule has 0 amide bonds. The standard InChI is InChI=1S/C36H20B2O3/c1-2-11-22-21(10-1)23-12-3-4-14-25(23)38-33-24(22)13-9-19-30(33)40-32-20-31-34-36(35(32)38)41-29-18-8-6-16-27(29)37(34)26-15-5-7-17-28(26)39-31/h1-20H. The van der Waals surface area contributed by atoms with Gasteiger partial charge < -0.3 is 14.2 Å². The summed E-state index contributed by atoms with van der Waals surface area (Å²) in [6.07, 6.45) is 0. The van der Waals surface area contributed by atoms with Gasteiger partial charge in [0, 0.05) is 17.0 Å². The largest absolute Gasteiger partial charge is 0.459 e. The summed E-state index contributed by atoms with van der Waals surface area (Å²) in [7, 11) is 0. The highest BCUT2D eigenvalue weighted by Gasteiger charge is 2.47. The van der Waals surface area contributed by atoms with Gasteiger partial charge in [0.2, 0.25) is 0 Å². The van der Waals surface area contributed by atoms with Crippen LogP contribution >= 0.6 is 0 Å². The quantitative estimate of drug-likeness (QED) is 0.271. The molecule has 0 saturated carbocycles. The van der Waals surface area contributed by atoms with Crippen molar-refractivity contribution in [1.29, 1.82) is 0 Å². The molecule has 6 aromatic rings. The van der Waals surface area contributed by atoms with Crippen molar-refractivity contribution < 1.29 is 14.2 Å². The third-order valence-electron chi connectivity index (χ3n) is 9.11. The predicted octanol–water partition coefficient (Wildman–Crippen LogP) is 4.68. The van der Waals surface area contributed by atoms with Gasteiger partial charge in [0.05, 0.1) is 0 Å². The van der Waals surface area contributed by atoms with Crippen LogP contribution in [0.3, 0.4) is 0 Å². The molecule has 0 saturated heterocycles. The number of benzene rings is 6. The maximum Gasteiger partial charge on any atom is 0.260 e. The molecular weight excluding hydrogens is 502 g/mol. The van der Waals surface area contributed by atoms with Crippen molar-refractivity contribution in [1.82, 2.24) is 0 Å². The van der Waals surface area contributed by atoms with Crippen molar-refractivity contribution in [3.05, 3.63) is 121 Å². The van der Waals surface area contributed by atoms with Gasteiger partial charge in [-0.05, 0) is 56.8 Å². The molecule has 4 aliphatic rings. The zero-order chi connectivity index (χ0) is 26.7. The Hall–Kier alpha value is -5.15. The van der Waals surface area contributed by atoms with Crippen molar-refractivity contribution in [2.75, 3.05) is 0 Å². The van der Waals surface area contributed by atoms with Crippen LogP contribution in [0.25, 0.3) is 22.3 Å². The molecule has 0 atom stereocenters. The van der Waals surface area contributed by atoms with Crippen molar-refractivity contribution in [3.63, 3.8) is 0 Å². The van der Waals surface area contributed by atoms with Gasteiger partial charge in [-0.1, -0.05) is 103 Å². The molecule has 3 nitrogen and oxygen atoms in total. The smallest absolute Gasteiger partial charge is 0.260 e. The second-order valence-electron chi connectivity index (χ2n) is 11.1. The van der Waals surface area contributed by atoms with Gasteiger partial charge in [-0.2, -0.15) is 0 Å². The normalized spacial score (nSPS) is 13.9. The van der Waals surface area contributed by atoms with E-state index < -0.39 is 0 Å². The maximum absolute atomic E-state index is 6.92. The van der Waals surface area contributed by atoms with Crippen LogP contribution in [0.4, 0.5) is 0 Å². The first kappa shape index (κ1) is 21.6. The maximum atomic E-state index is 6.92. The van der Waals surface area contributed by atoms with Crippen LogP contribution < -0.4 is 47.0 Å². The molecule has 0 unspecified atom stereocenters. The van der Waals surface area contributed by atoms with Gasteiger partial charge in [0.15, 0.2) is 0 Å². The zero-order valence-corrected chi connectivity index (χ0v) is 21.9. The zero-order valence-electron chi connectivity index (χ0n) is 21.9. The summed E-state index contributed by atoms with van der Waals surface area (Å²) < 4.78 is 20.3. The number of ether oxygens (including phenoxy) is 3. The fourth-order valence-corrected chi connectivity index (χ4v) is 7.49. The Labute approximate surface area is 238 Å².